The Labute approximate surface area is 178 Å². The fourth-order valence-electron chi connectivity index (χ4n) is 2.81. The number of allylic oxidation sites excluding steroid dienone is 7. The number of hydrogen-bond donors (Lipinski definition) is 3. The van der Waals surface area contributed by atoms with Gasteiger partial charge in [0.05, 0.1) is 19.8 Å². The summed E-state index contributed by atoms with van der Waals surface area (Å²) in [4.78, 5) is 0. The van der Waals surface area contributed by atoms with Crippen molar-refractivity contribution in [1.82, 2.24) is 0 Å². The molecule has 29 heavy (non-hydrogen) atoms. The van der Waals surface area contributed by atoms with E-state index >= 15 is 0 Å². The fourth-order valence-corrected chi connectivity index (χ4v) is 2.81. The quantitative estimate of drug-likeness (QED) is 0.241. The van der Waals surface area contributed by atoms with E-state index in [1.54, 1.807) is 0 Å². The summed E-state index contributed by atoms with van der Waals surface area (Å²) in [6.45, 7) is 11.0. The summed E-state index contributed by atoms with van der Waals surface area (Å²) in [6.07, 6.45) is 14.4. The third-order valence-corrected chi connectivity index (χ3v) is 4.83. The van der Waals surface area contributed by atoms with E-state index in [2.05, 4.69) is 58.9 Å². The molecule has 0 rings (SSSR count). The van der Waals surface area contributed by atoms with Gasteiger partial charge >= 0.3 is 0 Å². The van der Waals surface area contributed by atoms with E-state index in [-0.39, 0.29) is 6.61 Å². The van der Waals surface area contributed by atoms with Gasteiger partial charge in [-0.1, -0.05) is 46.6 Å². The molecular weight excluding hydrogens is 364 g/mol. The first-order chi connectivity index (χ1) is 13.8. The third-order valence-electron chi connectivity index (χ3n) is 4.83. The van der Waals surface area contributed by atoms with Crippen molar-refractivity contribution in [2.75, 3.05) is 19.8 Å². The highest BCUT2D eigenvalue weighted by molar-refractivity contribution is 5.07. The van der Waals surface area contributed by atoms with Gasteiger partial charge in [-0.2, -0.15) is 0 Å². The van der Waals surface area contributed by atoms with Gasteiger partial charge in [0.25, 0.3) is 0 Å². The fraction of sp³-hybridized carbons (Fsp3) is 0.680. The van der Waals surface area contributed by atoms with Gasteiger partial charge in [-0.15, -0.1) is 0 Å². The van der Waals surface area contributed by atoms with E-state index < -0.39 is 18.8 Å². The molecule has 0 aliphatic carbocycles. The number of aliphatic hydroxyl groups is 3. The first-order valence-corrected chi connectivity index (χ1v) is 10.9. The topological polar surface area (TPSA) is 69.9 Å². The maximum atomic E-state index is 9.48. The molecule has 4 heteroatoms. The van der Waals surface area contributed by atoms with E-state index in [0.717, 1.165) is 44.9 Å². The predicted molar refractivity (Wildman–Crippen MR) is 123 cm³/mol. The zero-order chi connectivity index (χ0) is 22.1. The average Bonchev–Trinajstić information content (AvgIpc) is 2.66. The molecule has 0 aromatic carbocycles. The summed E-state index contributed by atoms with van der Waals surface area (Å²) in [5.41, 5.74) is 5.66. The van der Waals surface area contributed by atoms with Gasteiger partial charge in [0.15, 0.2) is 0 Å². The van der Waals surface area contributed by atoms with Gasteiger partial charge in [-0.05, 0) is 79.6 Å². The Kier molecular flexibility index (Phi) is 16.9. The highest BCUT2D eigenvalue weighted by Gasteiger charge is 2.14. The number of rotatable bonds is 16. The normalized spacial score (nSPS) is 15.4. The van der Waals surface area contributed by atoms with E-state index in [4.69, 9.17) is 9.84 Å². The predicted octanol–water partition coefficient (Wildman–Crippen LogP) is 5.25. The van der Waals surface area contributed by atoms with Crippen LogP contribution in [0.2, 0.25) is 0 Å². The summed E-state index contributed by atoms with van der Waals surface area (Å²) >= 11 is 0. The van der Waals surface area contributed by atoms with Gasteiger partial charge in [0.2, 0.25) is 0 Å². The van der Waals surface area contributed by atoms with Gasteiger partial charge in [0, 0.05) is 0 Å². The molecule has 0 unspecified atom stereocenters. The molecule has 0 aromatic heterocycles. The SMILES string of the molecule is CC(C)=CCC/C(C)=C/CC/C(C)=C/CC/C(C)=C/CCOC[C@H](O)[C@H](O)CO. The Morgan fingerprint density at radius 3 is 1.59 bits per heavy atom. The maximum Gasteiger partial charge on any atom is 0.105 e. The number of aliphatic hydroxyl groups excluding tert-OH is 3. The summed E-state index contributed by atoms with van der Waals surface area (Å²) in [5, 5.41) is 27.5. The molecule has 0 bridgehead atoms. The van der Waals surface area contributed by atoms with Crippen LogP contribution in [0.25, 0.3) is 0 Å². The van der Waals surface area contributed by atoms with Gasteiger partial charge in [-0.25, -0.2) is 0 Å². The van der Waals surface area contributed by atoms with Crippen molar-refractivity contribution < 1.29 is 20.1 Å². The molecule has 168 valence electrons. The molecular formula is C25H44O4. The summed E-state index contributed by atoms with van der Waals surface area (Å²) in [7, 11) is 0. The Morgan fingerprint density at radius 2 is 1.14 bits per heavy atom. The minimum absolute atomic E-state index is 0.0411. The molecule has 0 fully saturated rings. The first-order valence-electron chi connectivity index (χ1n) is 10.9. The van der Waals surface area contributed by atoms with E-state index in [1.807, 2.05) is 0 Å². The average molecular weight is 409 g/mol. The zero-order valence-corrected chi connectivity index (χ0v) is 19.3. The van der Waals surface area contributed by atoms with Gasteiger partial charge < -0.3 is 20.1 Å². The monoisotopic (exact) mass is 408 g/mol. The van der Waals surface area contributed by atoms with Crippen LogP contribution in [0.4, 0.5) is 0 Å². The van der Waals surface area contributed by atoms with Gasteiger partial charge in [0.1, 0.15) is 12.2 Å². The second-order valence-electron chi connectivity index (χ2n) is 8.23. The van der Waals surface area contributed by atoms with Crippen LogP contribution in [-0.2, 0) is 4.74 Å². The standard InChI is InChI=1S/C25H44O4/c1-20(2)10-6-11-21(3)12-7-13-22(4)14-8-15-23(5)16-9-17-29-19-25(28)24(27)18-26/h10,12,14,16,24-28H,6-9,11,13,15,17-19H2,1-5H3/b21-12+,22-14+,23-16+/t24-,25+/m1/s1. The number of hydrogen-bond acceptors (Lipinski definition) is 4. The number of ether oxygens (including phenoxy) is 1. The molecule has 0 amide bonds. The summed E-state index contributed by atoms with van der Waals surface area (Å²) in [6, 6.07) is 0. The van der Waals surface area contributed by atoms with Crippen molar-refractivity contribution in [2.45, 2.75) is 91.8 Å². The molecule has 0 saturated carbocycles. The molecule has 0 aliphatic heterocycles. The van der Waals surface area contributed by atoms with Crippen LogP contribution in [0.5, 0.6) is 0 Å². The molecule has 0 aromatic rings. The Morgan fingerprint density at radius 1 is 0.690 bits per heavy atom. The van der Waals surface area contributed by atoms with Crippen molar-refractivity contribution in [3.8, 4) is 0 Å². The van der Waals surface area contributed by atoms with Crippen LogP contribution in [0.1, 0.15) is 79.6 Å². The lowest BCUT2D eigenvalue weighted by Crippen LogP contribution is -2.33. The van der Waals surface area contributed by atoms with Crippen LogP contribution in [0.3, 0.4) is 0 Å². The smallest absolute Gasteiger partial charge is 0.105 e. The highest BCUT2D eigenvalue weighted by Crippen LogP contribution is 2.13. The molecule has 0 aliphatic rings. The Hall–Kier alpha value is -1.20. The molecule has 4 nitrogen and oxygen atoms in total. The molecule has 0 spiro atoms. The summed E-state index contributed by atoms with van der Waals surface area (Å²) in [5.74, 6) is 0. The molecule has 0 saturated heterocycles. The lowest BCUT2D eigenvalue weighted by molar-refractivity contribution is -0.0560. The van der Waals surface area contributed by atoms with E-state index in [1.165, 1.54) is 22.3 Å². The van der Waals surface area contributed by atoms with Crippen molar-refractivity contribution in [3.63, 3.8) is 0 Å². The van der Waals surface area contributed by atoms with E-state index in [9.17, 15) is 10.2 Å². The van der Waals surface area contributed by atoms with Crippen LogP contribution in [-0.4, -0.2) is 47.3 Å². The lowest BCUT2D eigenvalue weighted by Gasteiger charge is -2.15. The van der Waals surface area contributed by atoms with Crippen LogP contribution in [0.15, 0.2) is 46.6 Å². The molecule has 2 atom stereocenters. The molecule has 0 heterocycles. The van der Waals surface area contributed by atoms with Crippen molar-refractivity contribution in [3.05, 3.63) is 46.6 Å². The van der Waals surface area contributed by atoms with Crippen molar-refractivity contribution in [1.29, 1.82) is 0 Å². The zero-order valence-electron chi connectivity index (χ0n) is 19.3. The Balaban J connectivity index is 3.94. The van der Waals surface area contributed by atoms with Crippen molar-refractivity contribution in [2.24, 2.45) is 0 Å². The minimum Gasteiger partial charge on any atom is -0.394 e. The van der Waals surface area contributed by atoms with Gasteiger partial charge in [-0.3, -0.25) is 0 Å². The molecule has 0 radical (unpaired) electrons. The second-order valence-corrected chi connectivity index (χ2v) is 8.23. The van der Waals surface area contributed by atoms with E-state index in [0.29, 0.717) is 6.61 Å². The third kappa shape index (κ3) is 17.4. The lowest BCUT2D eigenvalue weighted by atomic mass is 10.0. The van der Waals surface area contributed by atoms with Crippen LogP contribution < -0.4 is 0 Å². The Bertz CT molecular complexity index is 539. The van der Waals surface area contributed by atoms with Crippen molar-refractivity contribution >= 4 is 0 Å². The first kappa shape index (κ1) is 27.8. The largest absolute Gasteiger partial charge is 0.394 e. The second kappa shape index (κ2) is 17.6. The summed E-state index contributed by atoms with van der Waals surface area (Å²) < 4.78 is 5.32. The maximum absolute atomic E-state index is 9.48. The van der Waals surface area contributed by atoms with Crippen LogP contribution in [0, 0.1) is 0 Å². The van der Waals surface area contributed by atoms with Crippen LogP contribution >= 0.6 is 0 Å². The minimum atomic E-state index is -1.14. The molecule has 3 N–H and O–H groups in total. The highest BCUT2D eigenvalue weighted by atomic mass is 16.5.